The van der Waals surface area contributed by atoms with Crippen LogP contribution in [0.4, 0.5) is 5.82 Å². The van der Waals surface area contributed by atoms with Gasteiger partial charge in [-0.05, 0) is 70.1 Å². The van der Waals surface area contributed by atoms with Crippen molar-refractivity contribution in [2.24, 2.45) is 0 Å². The van der Waals surface area contributed by atoms with E-state index in [-0.39, 0.29) is 0 Å². The normalized spacial score (nSPS) is 19.0. The maximum absolute atomic E-state index is 6.33. The van der Waals surface area contributed by atoms with Crippen LogP contribution in [0.3, 0.4) is 0 Å². The molecule has 2 aliphatic rings. The summed E-state index contributed by atoms with van der Waals surface area (Å²) in [5, 5.41) is 2.01. The van der Waals surface area contributed by atoms with Crippen LogP contribution in [0.15, 0.2) is 5.16 Å². The highest BCUT2D eigenvalue weighted by molar-refractivity contribution is 7.99. The fourth-order valence-electron chi connectivity index (χ4n) is 4.04. The Morgan fingerprint density at radius 2 is 1.80 bits per heavy atom. The average molecular weight is 377 g/mol. The van der Waals surface area contributed by atoms with Gasteiger partial charge in [0.05, 0.1) is 5.39 Å². The molecule has 4 nitrogen and oxygen atoms in total. The highest BCUT2D eigenvalue weighted by Gasteiger charge is 2.19. The SMILES string of the molecule is Nc1nc(SCCCN2CCCCC2)nc2sc3c(c12)CCCCC3. The van der Waals surface area contributed by atoms with Crippen LogP contribution >= 0.6 is 23.1 Å². The lowest BCUT2D eigenvalue weighted by atomic mass is 10.1. The minimum absolute atomic E-state index is 0.697. The number of thioether (sulfide) groups is 1. The standard InChI is InChI=1S/C19H28N4S2/c20-17-16-14-8-3-1-4-9-15(14)25-18(16)22-19(21-17)24-13-7-12-23-10-5-2-6-11-23/h1-13H2,(H2,20,21,22). The number of piperidine rings is 1. The summed E-state index contributed by atoms with van der Waals surface area (Å²) in [6.07, 6.45) is 11.6. The lowest BCUT2D eigenvalue weighted by molar-refractivity contribution is 0.230. The van der Waals surface area contributed by atoms with Crippen molar-refractivity contribution in [1.82, 2.24) is 14.9 Å². The molecular formula is C19H28N4S2. The number of hydrogen-bond donors (Lipinski definition) is 1. The van der Waals surface area contributed by atoms with Crippen molar-refractivity contribution in [2.75, 3.05) is 31.1 Å². The third kappa shape index (κ3) is 4.12. The summed E-state index contributed by atoms with van der Waals surface area (Å²) >= 11 is 3.62. The first kappa shape index (κ1) is 17.6. The second kappa shape index (κ2) is 8.23. The Hall–Kier alpha value is -0.850. The number of nitrogen functional groups attached to an aromatic ring is 1. The maximum atomic E-state index is 6.33. The highest BCUT2D eigenvalue weighted by Crippen LogP contribution is 2.38. The molecule has 0 unspecified atom stereocenters. The zero-order chi connectivity index (χ0) is 17.1. The molecule has 0 spiro atoms. The van der Waals surface area contributed by atoms with Gasteiger partial charge in [0.2, 0.25) is 0 Å². The van der Waals surface area contributed by atoms with Gasteiger partial charge in [0.15, 0.2) is 5.16 Å². The predicted octanol–water partition coefficient (Wildman–Crippen LogP) is 4.51. The summed E-state index contributed by atoms with van der Waals surface area (Å²) in [5.74, 6) is 1.77. The Balaban J connectivity index is 1.40. The molecule has 25 heavy (non-hydrogen) atoms. The zero-order valence-corrected chi connectivity index (χ0v) is 16.6. The molecule has 2 aromatic rings. The average Bonchev–Trinajstić information content (AvgIpc) is 2.82. The van der Waals surface area contributed by atoms with E-state index in [1.165, 1.54) is 81.4 Å². The van der Waals surface area contributed by atoms with Gasteiger partial charge in [-0.15, -0.1) is 11.3 Å². The Bertz CT molecular complexity index is 722. The van der Waals surface area contributed by atoms with Gasteiger partial charge in [-0.2, -0.15) is 0 Å². The van der Waals surface area contributed by atoms with Gasteiger partial charge in [0.25, 0.3) is 0 Å². The summed E-state index contributed by atoms with van der Waals surface area (Å²) in [7, 11) is 0. The number of fused-ring (bicyclic) bond motifs is 3. The summed E-state index contributed by atoms with van der Waals surface area (Å²) in [6.45, 7) is 3.76. The molecule has 1 aliphatic carbocycles. The second-order valence-corrected chi connectivity index (χ2v) is 9.39. The molecule has 0 saturated carbocycles. The van der Waals surface area contributed by atoms with Gasteiger partial charge in [-0.25, -0.2) is 9.97 Å². The monoisotopic (exact) mass is 376 g/mol. The fourth-order valence-corrected chi connectivity index (χ4v) is 6.14. The number of aryl methyl sites for hydroxylation is 2. The van der Waals surface area contributed by atoms with Gasteiger partial charge < -0.3 is 10.6 Å². The molecule has 4 rings (SSSR count). The summed E-state index contributed by atoms with van der Waals surface area (Å²) in [5.41, 5.74) is 7.77. The van der Waals surface area contributed by atoms with E-state index in [0.29, 0.717) is 5.82 Å². The molecule has 3 heterocycles. The van der Waals surface area contributed by atoms with Crippen LogP contribution in [-0.2, 0) is 12.8 Å². The van der Waals surface area contributed by atoms with Crippen molar-refractivity contribution in [3.63, 3.8) is 0 Å². The number of nitrogens with zero attached hydrogens (tertiary/aromatic N) is 3. The number of thiophene rings is 1. The minimum Gasteiger partial charge on any atom is -0.383 e. The molecule has 2 aromatic heterocycles. The van der Waals surface area contributed by atoms with E-state index in [2.05, 4.69) is 9.88 Å². The van der Waals surface area contributed by atoms with Gasteiger partial charge >= 0.3 is 0 Å². The molecule has 1 aliphatic heterocycles. The van der Waals surface area contributed by atoms with Crippen LogP contribution in [0.25, 0.3) is 10.2 Å². The van der Waals surface area contributed by atoms with E-state index in [9.17, 15) is 0 Å². The molecule has 2 N–H and O–H groups in total. The number of likely N-dealkylation sites (tertiary alicyclic amines) is 1. The van der Waals surface area contributed by atoms with E-state index in [0.717, 1.165) is 27.5 Å². The molecule has 0 radical (unpaired) electrons. The number of aromatic nitrogens is 2. The van der Waals surface area contributed by atoms with Crippen molar-refractivity contribution in [3.8, 4) is 0 Å². The van der Waals surface area contributed by atoms with Crippen molar-refractivity contribution in [1.29, 1.82) is 0 Å². The summed E-state index contributed by atoms with van der Waals surface area (Å²) < 4.78 is 0. The van der Waals surface area contributed by atoms with Gasteiger partial charge in [-0.3, -0.25) is 0 Å². The van der Waals surface area contributed by atoms with Crippen molar-refractivity contribution >= 4 is 39.1 Å². The van der Waals surface area contributed by atoms with E-state index in [1.54, 1.807) is 11.8 Å². The molecule has 0 amide bonds. The maximum Gasteiger partial charge on any atom is 0.190 e. The van der Waals surface area contributed by atoms with Gasteiger partial charge in [-0.1, -0.05) is 24.6 Å². The highest BCUT2D eigenvalue weighted by atomic mass is 32.2. The summed E-state index contributed by atoms with van der Waals surface area (Å²) in [4.78, 5) is 14.7. The van der Waals surface area contributed by atoms with E-state index in [4.69, 9.17) is 10.7 Å². The number of rotatable bonds is 5. The largest absolute Gasteiger partial charge is 0.383 e. The Kier molecular flexibility index (Phi) is 5.78. The van der Waals surface area contributed by atoms with Crippen LogP contribution in [0.5, 0.6) is 0 Å². The first-order valence-electron chi connectivity index (χ1n) is 9.74. The van der Waals surface area contributed by atoms with Crippen molar-refractivity contribution in [3.05, 3.63) is 10.4 Å². The van der Waals surface area contributed by atoms with Crippen molar-refractivity contribution in [2.45, 2.75) is 62.9 Å². The molecule has 1 saturated heterocycles. The molecular weight excluding hydrogens is 348 g/mol. The third-order valence-corrected chi connectivity index (χ3v) is 7.49. The van der Waals surface area contributed by atoms with Crippen LogP contribution in [0, 0.1) is 0 Å². The number of nitrogens with two attached hydrogens (primary N) is 1. The lowest BCUT2D eigenvalue weighted by Gasteiger charge is -2.26. The fraction of sp³-hybridized carbons (Fsp3) is 0.684. The van der Waals surface area contributed by atoms with Crippen LogP contribution < -0.4 is 5.73 Å². The van der Waals surface area contributed by atoms with Crippen LogP contribution in [0.1, 0.15) is 55.4 Å². The smallest absolute Gasteiger partial charge is 0.190 e. The predicted molar refractivity (Wildman–Crippen MR) is 109 cm³/mol. The van der Waals surface area contributed by atoms with E-state index in [1.807, 2.05) is 11.3 Å². The zero-order valence-electron chi connectivity index (χ0n) is 14.9. The molecule has 0 aromatic carbocycles. The first-order valence-corrected chi connectivity index (χ1v) is 11.5. The second-order valence-electron chi connectivity index (χ2n) is 7.24. The first-order chi connectivity index (χ1) is 12.3. The van der Waals surface area contributed by atoms with Crippen LogP contribution in [0.2, 0.25) is 0 Å². The number of hydrogen-bond acceptors (Lipinski definition) is 6. The minimum atomic E-state index is 0.697. The summed E-state index contributed by atoms with van der Waals surface area (Å²) in [6, 6.07) is 0. The Labute approximate surface area is 158 Å². The molecule has 6 heteroatoms. The molecule has 0 atom stereocenters. The van der Waals surface area contributed by atoms with E-state index < -0.39 is 0 Å². The topological polar surface area (TPSA) is 55.0 Å². The molecule has 1 fully saturated rings. The Morgan fingerprint density at radius 1 is 1.00 bits per heavy atom. The van der Waals surface area contributed by atoms with Crippen LogP contribution in [-0.4, -0.2) is 40.3 Å². The number of anilines is 1. The molecule has 136 valence electrons. The van der Waals surface area contributed by atoms with Gasteiger partial charge in [0, 0.05) is 10.6 Å². The quantitative estimate of drug-likeness (QED) is 0.360. The third-order valence-electron chi connectivity index (χ3n) is 5.37. The lowest BCUT2D eigenvalue weighted by Crippen LogP contribution is -2.30. The molecule has 0 bridgehead atoms. The van der Waals surface area contributed by atoms with E-state index >= 15 is 0 Å². The Morgan fingerprint density at radius 3 is 2.68 bits per heavy atom. The van der Waals surface area contributed by atoms with Gasteiger partial charge in [0.1, 0.15) is 10.6 Å². The van der Waals surface area contributed by atoms with Crippen molar-refractivity contribution < 1.29 is 0 Å².